The van der Waals surface area contributed by atoms with E-state index in [2.05, 4.69) is 18.7 Å². The first kappa shape index (κ1) is 16.0. The second kappa shape index (κ2) is 7.08. The van der Waals surface area contributed by atoms with Crippen molar-refractivity contribution in [3.8, 4) is 5.75 Å². The minimum absolute atomic E-state index is 0.201. The maximum absolute atomic E-state index is 12.9. The van der Waals surface area contributed by atoms with E-state index in [0.717, 1.165) is 24.4 Å². The van der Waals surface area contributed by atoms with Gasteiger partial charge in [0, 0.05) is 5.56 Å². The Balaban J connectivity index is 2.12. The largest absolute Gasteiger partial charge is 0.494 e. The number of nitrogens with zero attached hydrogens (tertiary/aromatic N) is 1. The summed E-state index contributed by atoms with van der Waals surface area (Å²) in [7, 11) is 0. The van der Waals surface area contributed by atoms with Crippen molar-refractivity contribution < 1.29 is 9.53 Å². The third-order valence-corrected chi connectivity index (χ3v) is 4.38. The molecule has 0 aliphatic carbocycles. The molecule has 0 saturated carbocycles. The lowest BCUT2D eigenvalue weighted by Gasteiger charge is -2.36. The van der Waals surface area contributed by atoms with Gasteiger partial charge in [-0.05, 0) is 71.0 Å². The minimum Gasteiger partial charge on any atom is -0.494 e. The number of ether oxygens (including phenoxy) is 1. The van der Waals surface area contributed by atoms with Crippen molar-refractivity contribution in [3.05, 3.63) is 29.8 Å². The third-order valence-electron chi connectivity index (χ3n) is 4.38. The van der Waals surface area contributed by atoms with Gasteiger partial charge in [0.25, 0.3) is 0 Å². The van der Waals surface area contributed by atoms with Crippen LogP contribution in [0.25, 0.3) is 0 Å². The van der Waals surface area contributed by atoms with Gasteiger partial charge in [-0.2, -0.15) is 0 Å². The van der Waals surface area contributed by atoms with Gasteiger partial charge in [-0.1, -0.05) is 12.8 Å². The van der Waals surface area contributed by atoms with Gasteiger partial charge in [-0.3, -0.25) is 9.69 Å². The Bertz CT molecular complexity index is 457. The first-order valence-corrected chi connectivity index (χ1v) is 8.08. The second-order valence-corrected chi connectivity index (χ2v) is 6.25. The van der Waals surface area contributed by atoms with Crippen LogP contribution >= 0.6 is 0 Å². The molecule has 0 atom stereocenters. The predicted octanol–water partition coefficient (Wildman–Crippen LogP) is 3.92. The molecule has 1 fully saturated rings. The Kier molecular flexibility index (Phi) is 5.40. The fourth-order valence-corrected chi connectivity index (χ4v) is 3.00. The molecule has 0 unspecified atom stereocenters. The van der Waals surface area contributed by atoms with Gasteiger partial charge >= 0.3 is 0 Å². The zero-order valence-electron chi connectivity index (χ0n) is 13.5. The van der Waals surface area contributed by atoms with Crippen LogP contribution in [-0.4, -0.2) is 35.9 Å². The van der Waals surface area contributed by atoms with E-state index in [1.807, 2.05) is 31.2 Å². The van der Waals surface area contributed by atoms with Crippen LogP contribution in [0.15, 0.2) is 24.3 Å². The Morgan fingerprint density at radius 2 is 1.67 bits per heavy atom. The third kappa shape index (κ3) is 3.85. The van der Waals surface area contributed by atoms with E-state index in [4.69, 9.17) is 4.74 Å². The normalized spacial score (nSPS) is 17.3. The van der Waals surface area contributed by atoms with Gasteiger partial charge in [-0.15, -0.1) is 0 Å². The molecule has 1 saturated heterocycles. The van der Waals surface area contributed by atoms with Crippen LogP contribution in [0.2, 0.25) is 0 Å². The SMILES string of the molecule is CCOc1ccc(C(=O)C(C)(C)N2CCCCCC2)cc1. The molecule has 0 radical (unpaired) electrons. The lowest BCUT2D eigenvalue weighted by molar-refractivity contribution is 0.0649. The van der Waals surface area contributed by atoms with E-state index in [-0.39, 0.29) is 5.78 Å². The second-order valence-electron chi connectivity index (χ2n) is 6.25. The quantitative estimate of drug-likeness (QED) is 0.769. The van der Waals surface area contributed by atoms with Gasteiger partial charge in [0.15, 0.2) is 5.78 Å². The highest BCUT2D eigenvalue weighted by atomic mass is 16.5. The molecule has 1 aromatic carbocycles. The Hall–Kier alpha value is -1.35. The molecule has 0 amide bonds. The number of carbonyl (C=O) groups excluding carboxylic acids is 1. The first-order chi connectivity index (χ1) is 10.1. The number of hydrogen-bond acceptors (Lipinski definition) is 3. The van der Waals surface area contributed by atoms with Gasteiger partial charge < -0.3 is 4.74 Å². The van der Waals surface area contributed by atoms with Crippen LogP contribution in [0.4, 0.5) is 0 Å². The average Bonchev–Trinajstić information content (AvgIpc) is 2.77. The van der Waals surface area contributed by atoms with E-state index in [0.29, 0.717) is 6.61 Å². The number of benzene rings is 1. The average molecular weight is 289 g/mol. The van der Waals surface area contributed by atoms with Crippen molar-refractivity contribution in [3.63, 3.8) is 0 Å². The fraction of sp³-hybridized carbons (Fsp3) is 0.611. The molecule has 1 aromatic rings. The van der Waals surface area contributed by atoms with Crippen LogP contribution in [-0.2, 0) is 0 Å². The molecule has 1 aliphatic rings. The fourth-order valence-electron chi connectivity index (χ4n) is 3.00. The van der Waals surface area contributed by atoms with E-state index < -0.39 is 5.54 Å². The molecule has 0 spiro atoms. The van der Waals surface area contributed by atoms with E-state index in [9.17, 15) is 4.79 Å². The molecule has 1 aliphatic heterocycles. The van der Waals surface area contributed by atoms with Crippen LogP contribution in [0.5, 0.6) is 5.75 Å². The van der Waals surface area contributed by atoms with Crippen molar-refractivity contribution in [2.75, 3.05) is 19.7 Å². The van der Waals surface area contributed by atoms with Gasteiger partial charge in [-0.25, -0.2) is 0 Å². The number of Topliss-reactive ketones (excluding diaryl/α,β-unsaturated/α-hetero) is 1. The number of hydrogen-bond donors (Lipinski definition) is 0. The number of carbonyl (C=O) groups is 1. The van der Waals surface area contributed by atoms with Crippen LogP contribution in [0.1, 0.15) is 56.8 Å². The molecule has 0 bridgehead atoms. The summed E-state index contributed by atoms with van der Waals surface area (Å²) in [4.78, 5) is 15.2. The van der Waals surface area contributed by atoms with Gasteiger partial charge in [0.1, 0.15) is 5.75 Å². The van der Waals surface area contributed by atoms with Crippen LogP contribution in [0, 0.1) is 0 Å². The summed E-state index contributed by atoms with van der Waals surface area (Å²) < 4.78 is 5.44. The van der Waals surface area contributed by atoms with E-state index >= 15 is 0 Å². The Morgan fingerprint density at radius 3 is 2.19 bits per heavy atom. The molecule has 21 heavy (non-hydrogen) atoms. The minimum atomic E-state index is -0.433. The highest BCUT2D eigenvalue weighted by Gasteiger charge is 2.35. The summed E-state index contributed by atoms with van der Waals surface area (Å²) in [6.45, 7) is 8.76. The zero-order chi connectivity index (χ0) is 15.3. The molecule has 1 heterocycles. The Morgan fingerprint density at radius 1 is 1.10 bits per heavy atom. The van der Waals surface area contributed by atoms with Crippen LogP contribution in [0.3, 0.4) is 0 Å². The van der Waals surface area contributed by atoms with Crippen molar-refractivity contribution in [2.24, 2.45) is 0 Å². The van der Waals surface area contributed by atoms with Crippen LogP contribution < -0.4 is 4.74 Å². The topological polar surface area (TPSA) is 29.5 Å². The van der Waals surface area contributed by atoms with Crippen molar-refractivity contribution >= 4 is 5.78 Å². The first-order valence-electron chi connectivity index (χ1n) is 8.08. The molecular formula is C18H27NO2. The zero-order valence-corrected chi connectivity index (χ0v) is 13.5. The standard InChI is InChI=1S/C18H27NO2/c1-4-21-16-11-9-15(10-12-16)17(20)18(2,3)19-13-7-5-6-8-14-19/h9-12H,4-8,13-14H2,1-3H3. The van der Waals surface area contributed by atoms with Crippen molar-refractivity contribution in [1.29, 1.82) is 0 Å². The lowest BCUT2D eigenvalue weighted by atomic mass is 9.91. The number of likely N-dealkylation sites (tertiary alicyclic amines) is 1. The maximum atomic E-state index is 12.9. The lowest BCUT2D eigenvalue weighted by Crippen LogP contribution is -2.50. The van der Waals surface area contributed by atoms with E-state index in [1.165, 1.54) is 25.7 Å². The Labute approximate surface area is 128 Å². The summed E-state index contributed by atoms with van der Waals surface area (Å²) in [5, 5.41) is 0. The molecule has 3 nitrogen and oxygen atoms in total. The van der Waals surface area contributed by atoms with Gasteiger partial charge in [0.05, 0.1) is 12.1 Å². The monoisotopic (exact) mass is 289 g/mol. The molecule has 2 rings (SSSR count). The summed E-state index contributed by atoms with van der Waals surface area (Å²) in [5.74, 6) is 1.02. The highest BCUT2D eigenvalue weighted by molar-refractivity contribution is 6.02. The smallest absolute Gasteiger partial charge is 0.182 e. The summed E-state index contributed by atoms with van der Waals surface area (Å²) in [6, 6.07) is 7.53. The molecule has 0 N–H and O–H groups in total. The predicted molar refractivity (Wildman–Crippen MR) is 86.1 cm³/mol. The molecule has 0 aromatic heterocycles. The molecular weight excluding hydrogens is 262 g/mol. The molecule has 116 valence electrons. The summed E-state index contributed by atoms with van der Waals surface area (Å²) in [6.07, 6.45) is 4.95. The molecule has 3 heteroatoms. The summed E-state index contributed by atoms with van der Waals surface area (Å²) in [5.41, 5.74) is 0.338. The van der Waals surface area contributed by atoms with Crippen molar-refractivity contribution in [2.45, 2.75) is 52.0 Å². The van der Waals surface area contributed by atoms with Crippen molar-refractivity contribution in [1.82, 2.24) is 4.90 Å². The summed E-state index contributed by atoms with van der Waals surface area (Å²) >= 11 is 0. The van der Waals surface area contributed by atoms with Gasteiger partial charge in [0.2, 0.25) is 0 Å². The van der Waals surface area contributed by atoms with E-state index in [1.54, 1.807) is 0 Å². The maximum Gasteiger partial charge on any atom is 0.182 e. The number of rotatable bonds is 5. The number of ketones is 1. The highest BCUT2D eigenvalue weighted by Crippen LogP contribution is 2.25.